The zero-order valence-corrected chi connectivity index (χ0v) is 28.2. The third kappa shape index (κ3) is 5.86. The zero-order chi connectivity index (χ0) is 34.0. The fourth-order valence-electron chi connectivity index (χ4n) is 7.37. The van der Waals surface area contributed by atoms with E-state index < -0.39 is 0 Å². The highest BCUT2D eigenvalue weighted by Crippen LogP contribution is 2.46. The molecule has 0 aliphatic heterocycles. The molecule has 0 bridgehead atoms. The van der Waals surface area contributed by atoms with Gasteiger partial charge in [0.05, 0.1) is 5.69 Å². The van der Waals surface area contributed by atoms with Gasteiger partial charge in [-0.2, -0.15) is 0 Å². The van der Waals surface area contributed by atoms with Crippen LogP contribution in [0.4, 0.5) is 17.1 Å². The van der Waals surface area contributed by atoms with Gasteiger partial charge in [-0.05, 0) is 103 Å². The first kappa shape index (κ1) is 30.4. The Bertz CT molecular complexity index is 2550. The van der Waals surface area contributed by atoms with Gasteiger partial charge >= 0.3 is 0 Å². The van der Waals surface area contributed by atoms with E-state index in [0.29, 0.717) is 0 Å². The molecule has 0 saturated heterocycles. The summed E-state index contributed by atoms with van der Waals surface area (Å²) in [5.41, 5.74) is 12.8. The lowest BCUT2D eigenvalue weighted by molar-refractivity contribution is 1.28. The van der Waals surface area contributed by atoms with Crippen molar-refractivity contribution in [2.24, 2.45) is 0 Å². The molecule has 0 fully saturated rings. The molecule has 0 amide bonds. The molecule has 0 aliphatic rings. The Morgan fingerprint density at radius 3 is 1.35 bits per heavy atom. The van der Waals surface area contributed by atoms with Gasteiger partial charge in [0.25, 0.3) is 0 Å². The third-order valence-electron chi connectivity index (χ3n) is 9.83. The quantitative estimate of drug-likeness (QED) is 0.155. The minimum atomic E-state index is 1.09. The van der Waals surface area contributed by atoms with Crippen LogP contribution in [0.3, 0.4) is 0 Å². The molecule has 0 unspecified atom stereocenters. The summed E-state index contributed by atoms with van der Waals surface area (Å²) >= 11 is 0. The van der Waals surface area contributed by atoms with Crippen LogP contribution in [0.1, 0.15) is 0 Å². The van der Waals surface area contributed by atoms with Crippen LogP contribution in [-0.2, 0) is 0 Å². The lowest BCUT2D eigenvalue weighted by Crippen LogP contribution is -2.11. The van der Waals surface area contributed by atoms with E-state index in [4.69, 9.17) is 0 Å². The molecule has 0 N–H and O–H groups in total. The van der Waals surface area contributed by atoms with E-state index in [1.807, 2.05) is 0 Å². The summed E-state index contributed by atoms with van der Waals surface area (Å²) in [4.78, 5) is 2.44. The molecule has 1 nitrogen and oxygen atoms in total. The Morgan fingerprint density at radius 2 is 0.725 bits per heavy atom. The Balaban J connectivity index is 1.31. The number of fused-ring (bicyclic) bond motifs is 3. The summed E-state index contributed by atoms with van der Waals surface area (Å²) in [5, 5.41) is 5.01. The average molecular weight is 650 g/mol. The fraction of sp³-hybridized carbons (Fsp3) is 0. The van der Waals surface area contributed by atoms with E-state index in [-0.39, 0.29) is 0 Å². The van der Waals surface area contributed by atoms with Crippen molar-refractivity contribution in [3.05, 3.63) is 212 Å². The smallest absolute Gasteiger partial charge is 0.0540 e. The molecule has 51 heavy (non-hydrogen) atoms. The van der Waals surface area contributed by atoms with Gasteiger partial charge in [0, 0.05) is 16.9 Å². The first-order valence-corrected chi connectivity index (χ1v) is 17.5. The minimum Gasteiger partial charge on any atom is -0.310 e. The van der Waals surface area contributed by atoms with Crippen LogP contribution in [0, 0.1) is 0 Å². The molecule has 9 rings (SSSR count). The first-order chi connectivity index (χ1) is 25.3. The minimum absolute atomic E-state index is 1.09. The van der Waals surface area contributed by atoms with Gasteiger partial charge in [-0.1, -0.05) is 170 Å². The van der Waals surface area contributed by atoms with Gasteiger partial charge in [0.2, 0.25) is 0 Å². The monoisotopic (exact) mass is 649 g/mol. The maximum atomic E-state index is 2.44. The van der Waals surface area contributed by atoms with Crippen LogP contribution in [0.2, 0.25) is 0 Å². The van der Waals surface area contributed by atoms with Crippen LogP contribution in [0.15, 0.2) is 212 Å². The Morgan fingerprint density at radius 1 is 0.255 bits per heavy atom. The number of benzene rings is 9. The fourth-order valence-corrected chi connectivity index (χ4v) is 7.37. The predicted octanol–water partition coefficient (Wildman–Crippen LogP) is 14.1. The summed E-state index contributed by atoms with van der Waals surface area (Å²) in [6, 6.07) is 76.7. The lowest BCUT2D eigenvalue weighted by atomic mass is 9.91. The van der Waals surface area contributed by atoms with Gasteiger partial charge in [-0.3, -0.25) is 0 Å². The molecular formula is C50H35N. The number of hydrogen-bond donors (Lipinski definition) is 0. The molecule has 0 heterocycles. The van der Waals surface area contributed by atoms with Gasteiger partial charge < -0.3 is 4.90 Å². The van der Waals surface area contributed by atoms with Crippen molar-refractivity contribution >= 4 is 38.6 Å². The van der Waals surface area contributed by atoms with Crippen molar-refractivity contribution in [1.29, 1.82) is 0 Å². The van der Waals surface area contributed by atoms with E-state index in [2.05, 4.69) is 217 Å². The van der Waals surface area contributed by atoms with Crippen molar-refractivity contribution in [3.8, 4) is 44.5 Å². The Labute approximate surface area is 299 Å². The van der Waals surface area contributed by atoms with Crippen molar-refractivity contribution in [3.63, 3.8) is 0 Å². The van der Waals surface area contributed by atoms with Crippen LogP contribution < -0.4 is 4.90 Å². The maximum Gasteiger partial charge on any atom is 0.0540 e. The summed E-state index contributed by atoms with van der Waals surface area (Å²) in [6.45, 7) is 0. The zero-order valence-electron chi connectivity index (χ0n) is 28.2. The highest BCUT2D eigenvalue weighted by molar-refractivity contribution is 6.15. The summed E-state index contributed by atoms with van der Waals surface area (Å²) in [5.74, 6) is 0. The Kier molecular flexibility index (Phi) is 7.92. The molecule has 0 saturated carbocycles. The van der Waals surface area contributed by atoms with E-state index in [1.54, 1.807) is 0 Å². The number of para-hydroxylation sites is 1. The third-order valence-corrected chi connectivity index (χ3v) is 9.83. The average Bonchev–Trinajstić information content (AvgIpc) is 3.22. The standard InChI is InChI=1S/C50H35N/c1-4-16-36(17-5-1)39-28-30-43(31-29-39)51(44-33-41(37-18-6-2-7-19-37)32-42(34-44)38-20-8-3-9-21-38)50-27-15-14-26-48(50)49-35-40-22-10-11-23-45(40)46-24-12-13-25-47(46)49/h1-35H. The number of anilines is 3. The Hall–Kier alpha value is -6.70. The number of nitrogens with zero attached hydrogens (tertiary/aromatic N) is 1. The normalized spacial score (nSPS) is 11.1. The van der Waals surface area contributed by atoms with Crippen LogP contribution in [0.25, 0.3) is 66.1 Å². The molecule has 240 valence electrons. The highest BCUT2D eigenvalue weighted by Gasteiger charge is 2.21. The van der Waals surface area contributed by atoms with Gasteiger partial charge in [-0.15, -0.1) is 0 Å². The molecule has 9 aromatic rings. The SMILES string of the molecule is c1ccc(-c2ccc(N(c3cc(-c4ccccc4)cc(-c4ccccc4)c3)c3ccccc3-c3cc4ccccc4c4ccccc34)cc2)cc1. The second-order valence-electron chi connectivity index (χ2n) is 13.0. The van der Waals surface area contributed by atoms with E-state index in [0.717, 1.165) is 17.1 Å². The molecule has 0 spiro atoms. The molecule has 0 atom stereocenters. The molecule has 1 heteroatoms. The summed E-state index contributed by atoms with van der Waals surface area (Å²) in [6.07, 6.45) is 0. The van der Waals surface area contributed by atoms with Crippen LogP contribution >= 0.6 is 0 Å². The van der Waals surface area contributed by atoms with Crippen molar-refractivity contribution < 1.29 is 0 Å². The summed E-state index contributed by atoms with van der Waals surface area (Å²) < 4.78 is 0. The molecule has 0 aliphatic carbocycles. The predicted molar refractivity (Wildman–Crippen MR) is 218 cm³/mol. The molecule has 0 radical (unpaired) electrons. The summed E-state index contributed by atoms with van der Waals surface area (Å²) in [7, 11) is 0. The number of hydrogen-bond acceptors (Lipinski definition) is 1. The molecular weight excluding hydrogens is 615 g/mol. The molecule has 0 aromatic heterocycles. The second-order valence-corrected chi connectivity index (χ2v) is 13.0. The lowest BCUT2D eigenvalue weighted by Gasteiger charge is -2.29. The van der Waals surface area contributed by atoms with Gasteiger partial charge in [-0.25, -0.2) is 0 Å². The first-order valence-electron chi connectivity index (χ1n) is 17.5. The highest BCUT2D eigenvalue weighted by atomic mass is 15.1. The van der Waals surface area contributed by atoms with E-state index in [9.17, 15) is 0 Å². The van der Waals surface area contributed by atoms with E-state index in [1.165, 1.54) is 66.1 Å². The van der Waals surface area contributed by atoms with E-state index >= 15 is 0 Å². The number of rotatable bonds is 7. The second kappa shape index (κ2) is 13.3. The topological polar surface area (TPSA) is 3.24 Å². The van der Waals surface area contributed by atoms with Crippen molar-refractivity contribution in [2.75, 3.05) is 4.90 Å². The van der Waals surface area contributed by atoms with Gasteiger partial charge in [0.1, 0.15) is 0 Å². The van der Waals surface area contributed by atoms with Crippen molar-refractivity contribution in [2.45, 2.75) is 0 Å². The van der Waals surface area contributed by atoms with Crippen molar-refractivity contribution in [1.82, 2.24) is 0 Å². The van der Waals surface area contributed by atoms with Crippen LogP contribution in [0.5, 0.6) is 0 Å². The largest absolute Gasteiger partial charge is 0.310 e. The van der Waals surface area contributed by atoms with Gasteiger partial charge in [0.15, 0.2) is 0 Å². The maximum absolute atomic E-state index is 2.44. The molecule has 9 aromatic carbocycles. The van der Waals surface area contributed by atoms with Crippen LogP contribution in [-0.4, -0.2) is 0 Å².